The summed E-state index contributed by atoms with van der Waals surface area (Å²) in [6.07, 6.45) is 0. The first-order valence-electron chi connectivity index (χ1n) is 5.01. The van der Waals surface area contributed by atoms with E-state index in [-0.39, 0.29) is 0 Å². The molecule has 0 saturated carbocycles. The van der Waals surface area contributed by atoms with E-state index in [9.17, 15) is 0 Å². The summed E-state index contributed by atoms with van der Waals surface area (Å²) in [6.45, 7) is 11.9. The molecule has 0 spiro atoms. The normalized spacial score (nSPS) is 12.2. The minimum absolute atomic E-state index is 0.588. The molecule has 0 N–H and O–H groups in total. The molecule has 1 aromatic rings. The van der Waals surface area contributed by atoms with E-state index in [1.165, 1.54) is 0 Å². The maximum atomic E-state index is 2.40. The van der Waals surface area contributed by atoms with Gasteiger partial charge >= 0.3 is 0 Å². The Labute approximate surface area is 84.6 Å². The highest BCUT2D eigenvalue weighted by Gasteiger charge is 2.15. The summed E-state index contributed by atoms with van der Waals surface area (Å²) in [4.78, 5) is 0. The van der Waals surface area contributed by atoms with Crippen molar-refractivity contribution in [2.45, 2.75) is 32.7 Å². The van der Waals surface area contributed by atoms with Crippen LogP contribution in [0.15, 0.2) is 24.3 Å². The van der Waals surface area contributed by atoms with Gasteiger partial charge in [0.15, 0.2) is 0 Å². The second-order valence-corrected chi connectivity index (χ2v) is 13.1. The van der Waals surface area contributed by atoms with E-state index in [1.54, 1.807) is 10.4 Å². The van der Waals surface area contributed by atoms with Gasteiger partial charge in [-0.2, -0.15) is 0 Å². The van der Waals surface area contributed by atoms with Crippen molar-refractivity contribution in [3.05, 3.63) is 24.3 Å². The van der Waals surface area contributed by atoms with Gasteiger partial charge < -0.3 is 0 Å². The largest absolute Gasteiger partial charge is 0.0775 e. The van der Waals surface area contributed by atoms with Gasteiger partial charge in [-0.15, -0.1) is 0 Å². The smallest absolute Gasteiger partial charge is 0.0682 e. The van der Waals surface area contributed by atoms with Crippen molar-refractivity contribution in [2.24, 2.45) is 0 Å². The highest BCUT2D eigenvalue weighted by Crippen LogP contribution is 2.00. The average molecular weight is 208 g/mol. The van der Waals surface area contributed by atoms with Crippen LogP contribution >= 0.6 is 0 Å². The lowest BCUT2D eigenvalue weighted by atomic mass is 10.4. The molecule has 0 heterocycles. The van der Waals surface area contributed by atoms with E-state index in [0.29, 0.717) is 0 Å². The zero-order valence-electron chi connectivity index (χ0n) is 9.39. The third-order valence-corrected chi connectivity index (χ3v) is 6.23. The third kappa shape index (κ3) is 2.81. The molecule has 1 rings (SSSR count). The number of benzene rings is 1. The Bertz CT molecular complexity index is 267. The predicted octanol–water partition coefficient (Wildman–Crippen LogP) is 1.93. The first-order valence-corrected chi connectivity index (χ1v) is 11.4. The van der Waals surface area contributed by atoms with Gasteiger partial charge in [0.25, 0.3) is 0 Å². The molecule has 0 aliphatic rings. The average Bonchev–Trinajstić information content (AvgIpc) is 2.03. The van der Waals surface area contributed by atoms with Crippen LogP contribution in [0.25, 0.3) is 0 Å². The van der Waals surface area contributed by atoms with Crippen LogP contribution in [-0.2, 0) is 0 Å². The SMILES string of the molecule is C[SiH](C)c1ccc([Si](C)(C)C)cc1. The second kappa shape index (κ2) is 3.80. The van der Waals surface area contributed by atoms with Crippen LogP contribution in [0.5, 0.6) is 0 Å². The van der Waals surface area contributed by atoms with Gasteiger partial charge in [0, 0.05) is 0 Å². The van der Waals surface area contributed by atoms with E-state index >= 15 is 0 Å². The first kappa shape index (κ1) is 10.7. The quantitative estimate of drug-likeness (QED) is 0.652. The number of rotatable bonds is 2. The molecule has 1 aromatic carbocycles. The van der Waals surface area contributed by atoms with Crippen LogP contribution in [0.4, 0.5) is 0 Å². The van der Waals surface area contributed by atoms with Crippen LogP contribution < -0.4 is 10.4 Å². The zero-order valence-corrected chi connectivity index (χ0v) is 11.5. The van der Waals surface area contributed by atoms with Crippen LogP contribution in [0.2, 0.25) is 32.7 Å². The molecule has 0 amide bonds. The van der Waals surface area contributed by atoms with Crippen LogP contribution in [0.3, 0.4) is 0 Å². The van der Waals surface area contributed by atoms with Crippen molar-refractivity contribution < 1.29 is 0 Å². The van der Waals surface area contributed by atoms with Crippen molar-refractivity contribution in [1.82, 2.24) is 0 Å². The second-order valence-electron chi connectivity index (χ2n) is 5.03. The standard InChI is InChI=1S/C11H20Si2/c1-12(2)10-6-8-11(9-7-10)13(3,4)5/h6-9,12H,1-5H3. The maximum Gasteiger partial charge on any atom is 0.0775 e. The molecule has 0 fully saturated rings. The van der Waals surface area contributed by atoms with Crippen LogP contribution in [0, 0.1) is 0 Å². The molecule has 0 bridgehead atoms. The predicted molar refractivity (Wildman–Crippen MR) is 67.9 cm³/mol. The summed E-state index contributed by atoms with van der Waals surface area (Å²) in [5.74, 6) is 0. The molecular weight excluding hydrogens is 188 g/mol. The van der Waals surface area contributed by atoms with Gasteiger partial charge in [0.05, 0.1) is 16.9 Å². The zero-order chi connectivity index (χ0) is 10.1. The molecule has 0 aliphatic carbocycles. The molecule has 2 heteroatoms. The highest BCUT2D eigenvalue weighted by atomic mass is 28.3. The van der Waals surface area contributed by atoms with E-state index in [0.717, 1.165) is 0 Å². The van der Waals surface area contributed by atoms with Crippen molar-refractivity contribution in [3.63, 3.8) is 0 Å². The monoisotopic (exact) mass is 208 g/mol. The maximum absolute atomic E-state index is 2.40. The van der Waals surface area contributed by atoms with Crippen molar-refractivity contribution in [2.75, 3.05) is 0 Å². The minimum atomic E-state index is -1.08. The Morgan fingerprint density at radius 2 is 1.38 bits per heavy atom. The van der Waals surface area contributed by atoms with E-state index in [4.69, 9.17) is 0 Å². The van der Waals surface area contributed by atoms with Crippen LogP contribution in [0.1, 0.15) is 0 Å². The molecule has 72 valence electrons. The van der Waals surface area contributed by atoms with Gasteiger partial charge in [-0.3, -0.25) is 0 Å². The van der Waals surface area contributed by atoms with Gasteiger partial charge in [-0.1, -0.05) is 67.4 Å². The number of hydrogen-bond acceptors (Lipinski definition) is 0. The fourth-order valence-electron chi connectivity index (χ4n) is 1.37. The Morgan fingerprint density at radius 3 is 1.69 bits per heavy atom. The summed E-state index contributed by atoms with van der Waals surface area (Å²) in [6, 6.07) is 9.36. The molecule has 0 nitrogen and oxygen atoms in total. The Morgan fingerprint density at radius 1 is 0.923 bits per heavy atom. The number of hydrogen-bond donors (Lipinski definition) is 0. The van der Waals surface area contributed by atoms with Crippen LogP contribution in [-0.4, -0.2) is 16.9 Å². The highest BCUT2D eigenvalue weighted by molar-refractivity contribution is 6.88. The molecule has 0 atom stereocenters. The van der Waals surface area contributed by atoms with Gasteiger partial charge in [0.2, 0.25) is 0 Å². The first-order chi connectivity index (χ1) is 5.91. The lowest BCUT2D eigenvalue weighted by molar-refractivity contribution is 1.69. The van der Waals surface area contributed by atoms with Gasteiger partial charge in [0.1, 0.15) is 0 Å². The van der Waals surface area contributed by atoms with E-state index < -0.39 is 16.9 Å². The summed E-state index contributed by atoms with van der Waals surface area (Å²) in [5, 5.41) is 3.16. The van der Waals surface area contributed by atoms with Gasteiger partial charge in [-0.25, -0.2) is 0 Å². The fourth-order valence-corrected chi connectivity index (χ4v) is 3.50. The summed E-state index contributed by atoms with van der Waals surface area (Å²) in [5.41, 5.74) is 0. The summed E-state index contributed by atoms with van der Waals surface area (Å²) >= 11 is 0. The summed E-state index contributed by atoms with van der Waals surface area (Å²) < 4.78 is 0. The van der Waals surface area contributed by atoms with E-state index in [2.05, 4.69) is 57.0 Å². The molecule has 0 aliphatic heterocycles. The molecule has 0 radical (unpaired) electrons. The Kier molecular flexibility index (Phi) is 3.14. The topological polar surface area (TPSA) is 0 Å². The van der Waals surface area contributed by atoms with E-state index in [1.807, 2.05) is 0 Å². The fraction of sp³-hybridized carbons (Fsp3) is 0.455. The van der Waals surface area contributed by atoms with Crippen molar-refractivity contribution in [1.29, 1.82) is 0 Å². The third-order valence-electron chi connectivity index (χ3n) is 2.44. The lowest BCUT2D eigenvalue weighted by Crippen LogP contribution is -2.38. The lowest BCUT2D eigenvalue weighted by Gasteiger charge is -2.17. The Hall–Kier alpha value is -0.346. The molecular formula is C11H20Si2. The van der Waals surface area contributed by atoms with Crippen molar-refractivity contribution in [3.8, 4) is 0 Å². The molecule has 0 saturated heterocycles. The van der Waals surface area contributed by atoms with Gasteiger partial charge in [-0.05, 0) is 0 Å². The summed E-state index contributed by atoms with van der Waals surface area (Å²) in [7, 11) is -1.66. The molecule has 0 unspecified atom stereocenters. The molecule has 13 heavy (non-hydrogen) atoms. The molecule has 0 aromatic heterocycles. The van der Waals surface area contributed by atoms with Crippen molar-refractivity contribution >= 4 is 27.2 Å². The Balaban J connectivity index is 2.94. The minimum Gasteiger partial charge on any atom is -0.0682 e.